The molecule has 0 bridgehead atoms. The zero-order chi connectivity index (χ0) is 20.1. The van der Waals surface area contributed by atoms with E-state index in [1.807, 2.05) is 34.9 Å². The quantitative estimate of drug-likeness (QED) is 0.603. The minimum atomic E-state index is -0.328. The number of amides is 1. The van der Waals surface area contributed by atoms with Gasteiger partial charge in [0.05, 0.1) is 5.75 Å². The summed E-state index contributed by atoms with van der Waals surface area (Å²) in [5.74, 6) is 0.499. The predicted octanol–water partition coefficient (Wildman–Crippen LogP) is 4.61. The van der Waals surface area contributed by atoms with Crippen molar-refractivity contribution in [3.63, 3.8) is 0 Å². The Morgan fingerprint density at radius 2 is 1.86 bits per heavy atom. The molecule has 150 valence electrons. The van der Waals surface area contributed by atoms with Gasteiger partial charge in [-0.3, -0.25) is 9.36 Å². The number of hydrogen-bond acceptors (Lipinski definition) is 4. The van der Waals surface area contributed by atoms with E-state index in [-0.39, 0.29) is 23.5 Å². The summed E-state index contributed by atoms with van der Waals surface area (Å²) < 4.78 is 15.6. The van der Waals surface area contributed by atoms with Crippen molar-refractivity contribution in [1.29, 1.82) is 0 Å². The zero-order valence-corrected chi connectivity index (χ0v) is 16.9. The molecule has 1 aliphatic carbocycles. The predicted molar refractivity (Wildman–Crippen MR) is 112 cm³/mol. The van der Waals surface area contributed by atoms with Crippen LogP contribution in [0.1, 0.15) is 32.1 Å². The number of rotatable bonds is 6. The average Bonchev–Trinajstić information content (AvgIpc) is 3.18. The van der Waals surface area contributed by atoms with Crippen LogP contribution in [0.2, 0.25) is 0 Å². The average molecular weight is 411 g/mol. The van der Waals surface area contributed by atoms with Crippen LogP contribution in [0.25, 0.3) is 17.1 Å². The van der Waals surface area contributed by atoms with Crippen molar-refractivity contribution in [1.82, 2.24) is 20.1 Å². The number of nitrogens with one attached hydrogen (secondary N) is 1. The number of carbonyl (C=O) groups excluding carboxylic acids is 1. The molecule has 7 heteroatoms. The van der Waals surface area contributed by atoms with E-state index < -0.39 is 0 Å². The first-order valence-corrected chi connectivity index (χ1v) is 10.9. The Bertz CT molecular complexity index is 970. The van der Waals surface area contributed by atoms with Gasteiger partial charge in [-0.05, 0) is 37.1 Å². The van der Waals surface area contributed by atoms with Crippen molar-refractivity contribution in [2.24, 2.45) is 0 Å². The van der Waals surface area contributed by atoms with E-state index in [0.717, 1.165) is 18.5 Å². The fourth-order valence-electron chi connectivity index (χ4n) is 3.63. The molecular weight excluding hydrogens is 387 g/mol. The maximum atomic E-state index is 13.8. The fourth-order valence-corrected chi connectivity index (χ4v) is 4.40. The van der Waals surface area contributed by atoms with Crippen molar-refractivity contribution in [3.8, 4) is 17.1 Å². The number of carbonyl (C=O) groups is 1. The molecule has 0 aliphatic heterocycles. The third-order valence-corrected chi connectivity index (χ3v) is 5.96. The first kappa shape index (κ1) is 19.6. The highest BCUT2D eigenvalue weighted by molar-refractivity contribution is 7.99. The highest BCUT2D eigenvalue weighted by Gasteiger charge is 2.19. The van der Waals surface area contributed by atoms with E-state index >= 15 is 0 Å². The summed E-state index contributed by atoms with van der Waals surface area (Å²) in [5, 5.41) is 12.3. The standard InChI is InChI=1S/C22H23FN4OS/c23-17-9-7-8-16(14-17)21-25-26-22(27(21)19-12-5-2-6-13-19)29-15-20(28)24-18-10-3-1-4-11-18/h2,5-9,12-14,18H,1,3-4,10-11,15H2,(H,24,28). The third kappa shape index (κ3) is 4.85. The molecule has 29 heavy (non-hydrogen) atoms. The summed E-state index contributed by atoms with van der Waals surface area (Å²) in [6.07, 6.45) is 5.72. The highest BCUT2D eigenvalue weighted by Crippen LogP contribution is 2.28. The molecule has 0 spiro atoms. The summed E-state index contributed by atoms with van der Waals surface area (Å²) >= 11 is 1.34. The molecule has 1 aromatic heterocycles. The van der Waals surface area contributed by atoms with Crippen molar-refractivity contribution in [3.05, 3.63) is 60.4 Å². The molecule has 0 unspecified atom stereocenters. The fraction of sp³-hybridized carbons (Fsp3) is 0.318. The van der Waals surface area contributed by atoms with Gasteiger partial charge in [0.2, 0.25) is 5.91 Å². The number of nitrogens with zero attached hydrogens (tertiary/aromatic N) is 3. The van der Waals surface area contributed by atoms with Crippen molar-refractivity contribution >= 4 is 17.7 Å². The molecular formula is C22H23FN4OS. The van der Waals surface area contributed by atoms with Gasteiger partial charge in [0.25, 0.3) is 0 Å². The Morgan fingerprint density at radius 1 is 1.07 bits per heavy atom. The lowest BCUT2D eigenvalue weighted by Crippen LogP contribution is -2.37. The first-order valence-electron chi connectivity index (χ1n) is 9.89. The van der Waals surface area contributed by atoms with Crippen molar-refractivity contribution in [2.75, 3.05) is 5.75 Å². The Balaban J connectivity index is 1.56. The number of para-hydroxylation sites is 1. The first-order chi connectivity index (χ1) is 14.2. The normalized spacial score (nSPS) is 14.7. The van der Waals surface area contributed by atoms with Gasteiger partial charge >= 0.3 is 0 Å². The van der Waals surface area contributed by atoms with E-state index in [0.29, 0.717) is 16.5 Å². The summed E-state index contributed by atoms with van der Waals surface area (Å²) in [7, 11) is 0. The summed E-state index contributed by atoms with van der Waals surface area (Å²) in [4.78, 5) is 12.4. The van der Waals surface area contributed by atoms with Crippen molar-refractivity contribution < 1.29 is 9.18 Å². The molecule has 4 rings (SSSR count). The summed E-state index contributed by atoms with van der Waals surface area (Å²) in [6, 6.07) is 16.2. The molecule has 0 radical (unpaired) electrons. The topological polar surface area (TPSA) is 59.8 Å². The smallest absolute Gasteiger partial charge is 0.230 e. The Hall–Kier alpha value is -2.67. The van der Waals surface area contributed by atoms with Gasteiger partial charge in [0.15, 0.2) is 11.0 Å². The molecule has 1 amide bonds. The Labute approximate surface area is 173 Å². The van der Waals surface area contributed by atoms with E-state index in [9.17, 15) is 9.18 Å². The van der Waals surface area contributed by atoms with Crippen LogP contribution in [0.4, 0.5) is 4.39 Å². The maximum absolute atomic E-state index is 13.8. The van der Waals surface area contributed by atoms with Gasteiger partial charge in [-0.1, -0.05) is 61.4 Å². The molecule has 0 saturated heterocycles. The number of aromatic nitrogens is 3. The Morgan fingerprint density at radius 3 is 2.62 bits per heavy atom. The van der Waals surface area contributed by atoms with Gasteiger partial charge in [0, 0.05) is 17.3 Å². The summed E-state index contributed by atoms with van der Waals surface area (Å²) in [6.45, 7) is 0. The van der Waals surface area contributed by atoms with E-state index in [1.165, 1.54) is 43.2 Å². The van der Waals surface area contributed by atoms with Crippen LogP contribution in [0.15, 0.2) is 59.8 Å². The largest absolute Gasteiger partial charge is 0.353 e. The number of hydrogen-bond donors (Lipinski definition) is 1. The number of halogens is 1. The van der Waals surface area contributed by atoms with Gasteiger partial charge in [0.1, 0.15) is 5.82 Å². The van der Waals surface area contributed by atoms with Crippen LogP contribution >= 0.6 is 11.8 Å². The minimum Gasteiger partial charge on any atom is -0.353 e. The van der Waals surface area contributed by atoms with E-state index in [4.69, 9.17) is 0 Å². The van der Waals surface area contributed by atoms with Gasteiger partial charge < -0.3 is 5.32 Å². The second kappa shape index (κ2) is 9.22. The molecule has 5 nitrogen and oxygen atoms in total. The number of thioether (sulfide) groups is 1. The Kier molecular flexibility index (Phi) is 6.24. The molecule has 1 heterocycles. The minimum absolute atomic E-state index is 0.0109. The maximum Gasteiger partial charge on any atom is 0.230 e. The van der Waals surface area contributed by atoms with Gasteiger partial charge in [-0.15, -0.1) is 10.2 Å². The van der Waals surface area contributed by atoms with Crippen LogP contribution in [-0.2, 0) is 4.79 Å². The summed E-state index contributed by atoms with van der Waals surface area (Å²) in [5.41, 5.74) is 1.51. The highest BCUT2D eigenvalue weighted by atomic mass is 32.2. The van der Waals surface area contributed by atoms with E-state index in [1.54, 1.807) is 12.1 Å². The lowest BCUT2D eigenvalue weighted by Gasteiger charge is -2.22. The third-order valence-electron chi connectivity index (χ3n) is 5.03. The SMILES string of the molecule is O=C(CSc1nnc(-c2cccc(F)c2)n1-c1ccccc1)NC1CCCCC1. The molecule has 2 aromatic carbocycles. The van der Waals surface area contributed by atoms with Crippen LogP contribution < -0.4 is 5.32 Å². The second-order valence-electron chi connectivity index (χ2n) is 7.18. The molecule has 1 N–H and O–H groups in total. The van der Waals surface area contributed by atoms with Gasteiger partial charge in [-0.2, -0.15) is 0 Å². The molecule has 1 fully saturated rings. The van der Waals surface area contributed by atoms with Crippen LogP contribution in [0.3, 0.4) is 0 Å². The second-order valence-corrected chi connectivity index (χ2v) is 8.12. The monoisotopic (exact) mass is 410 g/mol. The van der Waals surface area contributed by atoms with Gasteiger partial charge in [-0.25, -0.2) is 4.39 Å². The lowest BCUT2D eigenvalue weighted by molar-refractivity contribution is -0.119. The van der Waals surface area contributed by atoms with Crippen LogP contribution in [0, 0.1) is 5.82 Å². The molecule has 3 aromatic rings. The van der Waals surface area contributed by atoms with Crippen LogP contribution in [-0.4, -0.2) is 32.5 Å². The molecule has 0 atom stereocenters. The molecule has 1 saturated carbocycles. The lowest BCUT2D eigenvalue weighted by atomic mass is 9.95. The van der Waals surface area contributed by atoms with Crippen molar-refractivity contribution in [2.45, 2.75) is 43.3 Å². The zero-order valence-electron chi connectivity index (χ0n) is 16.1. The molecule has 1 aliphatic rings. The van der Waals surface area contributed by atoms with E-state index in [2.05, 4.69) is 15.5 Å². The number of benzene rings is 2. The van der Waals surface area contributed by atoms with Crippen LogP contribution in [0.5, 0.6) is 0 Å².